The number of carboxylic acid groups (broad SMARTS) is 1. The molecule has 1 saturated carbocycles. The zero-order chi connectivity index (χ0) is 24.9. The minimum Gasteiger partial charge on any atom is -0.481 e. The van der Waals surface area contributed by atoms with Crippen LogP contribution < -0.4 is 10.6 Å². The molecule has 0 aromatic heterocycles. The number of hydrogen-bond acceptors (Lipinski definition) is 5. The van der Waals surface area contributed by atoms with Crippen LogP contribution in [0.3, 0.4) is 0 Å². The Labute approximate surface area is 205 Å². The third-order valence-corrected chi connectivity index (χ3v) is 6.87. The lowest BCUT2D eigenvalue weighted by atomic mass is 9.85. The van der Waals surface area contributed by atoms with Crippen molar-refractivity contribution in [3.8, 4) is 11.1 Å². The van der Waals surface area contributed by atoms with Crippen LogP contribution in [0.1, 0.15) is 42.7 Å². The smallest absolute Gasteiger partial charge is 0.407 e. The zero-order valence-corrected chi connectivity index (χ0v) is 20.2. The van der Waals surface area contributed by atoms with Gasteiger partial charge in [0.1, 0.15) is 12.6 Å². The first-order chi connectivity index (χ1) is 16.8. The van der Waals surface area contributed by atoms with Gasteiger partial charge in [0, 0.05) is 18.5 Å². The van der Waals surface area contributed by atoms with Gasteiger partial charge >= 0.3 is 12.1 Å². The molecule has 0 bridgehead atoms. The van der Waals surface area contributed by atoms with E-state index >= 15 is 0 Å². The molecule has 0 saturated heterocycles. The van der Waals surface area contributed by atoms with Crippen LogP contribution in [-0.4, -0.2) is 67.3 Å². The number of carbonyl (C=O) groups excluding carboxylic acids is 2. The quantitative estimate of drug-likeness (QED) is 0.537. The molecule has 0 spiro atoms. The topological polar surface area (TPSA) is 108 Å². The number of rotatable bonds is 8. The highest BCUT2D eigenvalue weighted by atomic mass is 16.5. The fourth-order valence-corrected chi connectivity index (χ4v) is 5.19. The van der Waals surface area contributed by atoms with Crippen molar-refractivity contribution in [2.24, 2.45) is 5.92 Å². The van der Waals surface area contributed by atoms with Gasteiger partial charge in [0.2, 0.25) is 5.91 Å². The molecule has 3 atom stereocenters. The standard InChI is InChI=1S/C27H33N3O5/c1-30(2)15-24(25(31)28-18-9-7-8-17(14-18)26(32)33)29-27(34)35-16-23-21-12-5-3-10-19(21)20-11-4-6-13-22(20)23/h3-6,10-13,17-18,23-24H,7-9,14-16H2,1-2H3,(H,28,31)(H,29,34)(H,32,33)/t17-,18-,24+/m1/s1. The molecule has 2 aromatic carbocycles. The van der Waals surface area contributed by atoms with Crippen LogP contribution in [0.25, 0.3) is 11.1 Å². The number of amides is 2. The summed E-state index contributed by atoms with van der Waals surface area (Å²) >= 11 is 0. The Morgan fingerprint density at radius 2 is 1.66 bits per heavy atom. The molecule has 2 aromatic rings. The molecular formula is C27H33N3O5. The lowest BCUT2D eigenvalue weighted by Gasteiger charge is -2.29. The van der Waals surface area contributed by atoms with E-state index in [1.807, 2.05) is 43.3 Å². The van der Waals surface area contributed by atoms with Crippen molar-refractivity contribution >= 4 is 18.0 Å². The number of alkyl carbamates (subject to hydrolysis) is 1. The van der Waals surface area contributed by atoms with Crippen molar-refractivity contribution in [1.29, 1.82) is 0 Å². The minimum atomic E-state index is -0.828. The molecule has 35 heavy (non-hydrogen) atoms. The summed E-state index contributed by atoms with van der Waals surface area (Å²) in [5.41, 5.74) is 4.53. The third kappa shape index (κ3) is 5.82. The molecule has 8 nitrogen and oxygen atoms in total. The molecule has 2 amide bonds. The molecule has 3 N–H and O–H groups in total. The van der Waals surface area contributed by atoms with Gasteiger partial charge in [0.15, 0.2) is 0 Å². The van der Waals surface area contributed by atoms with Crippen LogP contribution in [-0.2, 0) is 14.3 Å². The molecule has 0 aliphatic heterocycles. The minimum absolute atomic E-state index is 0.0653. The van der Waals surface area contributed by atoms with Crippen LogP contribution in [0.5, 0.6) is 0 Å². The van der Waals surface area contributed by atoms with E-state index in [1.165, 1.54) is 0 Å². The summed E-state index contributed by atoms with van der Waals surface area (Å²) in [4.78, 5) is 38.9. The summed E-state index contributed by atoms with van der Waals surface area (Å²) in [6.45, 7) is 0.462. The normalized spacial score (nSPS) is 20.0. The first-order valence-electron chi connectivity index (χ1n) is 12.1. The lowest BCUT2D eigenvalue weighted by Crippen LogP contribution is -2.54. The summed E-state index contributed by atoms with van der Waals surface area (Å²) in [6, 6.07) is 15.2. The predicted molar refractivity (Wildman–Crippen MR) is 132 cm³/mol. The van der Waals surface area contributed by atoms with E-state index in [0.29, 0.717) is 19.4 Å². The summed E-state index contributed by atoms with van der Waals surface area (Å²) in [5, 5.41) is 15.0. The average molecular weight is 480 g/mol. The molecule has 0 unspecified atom stereocenters. The van der Waals surface area contributed by atoms with Crippen LogP contribution in [0.2, 0.25) is 0 Å². The van der Waals surface area contributed by atoms with Crippen molar-refractivity contribution in [3.63, 3.8) is 0 Å². The molecule has 1 fully saturated rings. The Hall–Kier alpha value is -3.39. The van der Waals surface area contributed by atoms with Gasteiger partial charge in [-0.3, -0.25) is 9.59 Å². The van der Waals surface area contributed by atoms with Gasteiger partial charge in [0.25, 0.3) is 0 Å². The molecule has 186 valence electrons. The van der Waals surface area contributed by atoms with Gasteiger partial charge in [-0.15, -0.1) is 0 Å². The van der Waals surface area contributed by atoms with Crippen LogP contribution >= 0.6 is 0 Å². The number of carboxylic acids is 1. The highest BCUT2D eigenvalue weighted by molar-refractivity contribution is 5.86. The largest absolute Gasteiger partial charge is 0.481 e. The van der Waals surface area contributed by atoms with E-state index in [9.17, 15) is 19.5 Å². The number of ether oxygens (including phenoxy) is 1. The van der Waals surface area contributed by atoms with E-state index in [0.717, 1.165) is 35.1 Å². The van der Waals surface area contributed by atoms with Crippen LogP contribution in [0.4, 0.5) is 4.79 Å². The second-order valence-electron chi connectivity index (χ2n) is 9.69. The SMILES string of the molecule is CN(C)C[C@H](NC(=O)OCC1c2ccccc2-c2ccccc21)C(=O)N[C@@H]1CCC[C@@H](C(=O)O)C1. The maximum absolute atomic E-state index is 13.0. The van der Waals surface area contributed by atoms with Crippen molar-refractivity contribution in [2.45, 2.75) is 43.7 Å². The van der Waals surface area contributed by atoms with Crippen molar-refractivity contribution in [1.82, 2.24) is 15.5 Å². The van der Waals surface area contributed by atoms with Gasteiger partial charge in [-0.05, 0) is 55.6 Å². The Balaban J connectivity index is 1.38. The Morgan fingerprint density at radius 1 is 1.03 bits per heavy atom. The highest BCUT2D eigenvalue weighted by Gasteiger charge is 2.32. The first-order valence-corrected chi connectivity index (χ1v) is 12.1. The van der Waals surface area contributed by atoms with Gasteiger partial charge in [0.05, 0.1) is 5.92 Å². The maximum Gasteiger partial charge on any atom is 0.407 e. The zero-order valence-electron chi connectivity index (χ0n) is 20.2. The van der Waals surface area contributed by atoms with E-state index < -0.39 is 24.0 Å². The average Bonchev–Trinajstić information content (AvgIpc) is 3.16. The fraction of sp³-hybridized carbons (Fsp3) is 0.444. The van der Waals surface area contributed by atoms with Gasteiger partial charge in [-0.1, -0.05) is 55.0 Å². The molecule has 0 radical (unpaired) electrons. The summed E-state index contributed by atoms with van der Waals surface area (Å²) in [6.07, 6.45) is 1.86. The van der Waals surface area contributed by atoms with Gasteiger partial charge in [-0.25, -0.2) is 4.79 Å². The summed E-state index contributed by atoms with van der Waals surface area (Å²) in [7, 11) is 3.64. The van der Waals surface area contributed by atoms with E-state index in [-0.39, 0.29) is 24.5 Å². The molecule has 8 heteroatoms. The number of aliphatic carboxylic acids is 1. The van der Waals surface area contributed by atoms with Crippen LogP contribution in [0, 0.1) is 5.92 Å². The molecule has 2 aliphatic carbocycles. The van der Waals surface area contributed by atoms with E-state index in [1.54, 1.807) is 0 Å². The summed E-state index contributed by atoms with van der Waals surface area (Å²) < 4.78 is 5.61. The third-order valence-electron chi connectivity index (χ3n) is 6.87. The number of nitrogens with one attached hydrogen (secondary N) is 2. The lowest BCUT2D eigenvalue weighted by molar-refractivity contribution is -0.143. The molecule has 2 aliphatic rings. The number of fused-ring (bicyclic) bond motifs is 3. The Morgan fingerprint density at radius 3 is 2.26 bits per heavy atom. The highest BCUT2D eigenvalue weighted by Crippen LogP contribution is 2.44. The molecule has 0 heterocycles. The second-order valence-corrected chi connectivity index (χ2v) is 9.69. The van der Waals surface area contributed by atoms with Gasteiger partial charge in [-0.2, -0.15) is 0 Å². The number of benzene rings is 2. The van der Waals surface area contributed by atoms with Crippen molar-refractivity contribution in [3.05, 3.63) is 59.7 Å². The van der Waals surface area contributed by atoms with E-state index in [4.69, 9.17) is 4.74 Å². The Bertz CT molecular complexity index is 1040. The number of hydrogen-bond donors (Lipinski definition) is 3. The van der Waals surface area contributed by atoms with E-state index in [2.05, 4.69) is 34.9 Å². The Kier molecular flexibility index (Phi) is 7.70. The summed E-state index contributed by atoms with van der Waals surface area (Å²) in [5.74, 6) is -1.67. The molecule has 4 rings (SSSR count). The van der Waals surface area contributed by atoms with Gasteiger partial charge < -0.3 is 25.4 Å². The second kappa shape index (κ2) is 10.9. The first kappa shape index (κ1) is 24.7. The monoisotopic (exact) mass is 479 g/mol. The number of nitrogens with zero attached hydrogens (tertiary/aromatic N) is 1. The van der Waals surface area contributed by atoms with Crippen LogP contribution in [0.15, 0.2) is 48.5 Å². The van der Waals surface area contributed by atoms with Crippen molar-refractivity contribution < 1.29 is 24.2 Å². The maximum atomic E-state index is 13.0. The number of likely N-dealkylation sites (N-methyl/N-ethyl adjacent to an activating group) is 1. The fourth-order valence-electron chi connectivity index (χ4n) is 5.19. The number of carbonyl (C=O) groups is 3. The van der Waals surface area contributed by atoms with Crippen molar-refractivity contribution in [2.75, 3.05) is 27.2 Å². The molecular weight excluding hydrogens is 446 g/mol. The predicted octanol–water partition coefficient (Wildman–Crippen LogP) is 3.21.